The topological polar surface area (TPSA) is 45.2 Å². The van der Waals surface area contributed by atoms with Gasteiger partial charge in [0.25, 0.3) is 0 Å². The van der Waals surface area contributed by atoms with Crippen LogP contribution in [0.4, 0.5) is 15.3 Å². The molecule has 1 atom stereocenters. The molecule has 0 bridgehead atoms. The Morgan fingerprint density at radius 2 is 1.91 bits per heavy atom. The highest BCUT2D eigenvalue weighted by molar-refractivity contribution is 7.16. The maximum absolute atomic E-state index is 13.2. The number of nitrogens with one attached hydrogen (secondary N) is 1. The van der Waals surface area contributed by atoms with E-state index in [9.17, 15) is 9.18 Å². The molecule has 0 spiro atoms. The van der Waals surface area contributed by atoms with Gasteiger partial charge in [0.05, 0.1) is 4.88 Å². The van der Waals surface area contributed by atoms with Crippen LogP contribution in [0.3, 0.4) is 0 Å². The average Bonchev–Trinajstić information content (AvgIpc) is 2.99. The molecule has 3 heterocycles. The Balaban J connectivity index is 1.69. The SMILES string of the molecule is O=C1C[C@H](c2ccc(F)cc2)c2sc(N3CCCCC3)nc2N1. The molecule has 1 saturated heterocycles. The van der Waals surface area contributed by atoms with Crippen molar-refractivity contribution >= 4 is 28.2 Å². The summed E-state index contributed by atoms with van der Waals surface area (Å²) in [7, 11) is 0. The van der Waals surface area contributed by atoms with E-state index in [0.717, 1.165) is 28.7 Å². The quantitative estimate of drug-likeness (QED) is 0.911. The Hall–Kier alpha value is -1.95. The van der Waals surface area contributed by atoms with Gasteiger partial charge >= 0.3 is 0 Å². The number of amides is 1. The van der Waals surface area contributed by atoms with Crippen LogP contribution in [0.5, 0.6) is 0 Å². The highest BCUT2D eigenvalue weighted by Crippen LogP contribution is 2.43. The molecule has 2 aliphatic heterocycles. The van der Waals surface area contributed by atoms with Crippen molar-refractivity contribution in [1.29, 1.82) is 0 Å². The minimum Gasteiger partial charge on any atom is -0.348 e. The molecule has 1 amide bonds. The predicted molar refractivity (Wildman–Crippen MR) is 89.7 cm³/mol. The summed E-state index contributed by atoms with van der Waals surface area (Å²) in [6, 6.07) is 6.44. The van der Waals surface area contributed by atoms with E-state index in [1.165, 1.54) is 31.4 Å². The van der Waals surface area contributed by atoms with Crippen molar-refractivity contribution in [2.75, 3.05) is 23.3 Å². The first-order valence-electron chi connectivity index (χ1n) is 8.02. The molecule has 4 nitrogen and oxygen atoms in total. The lowest BCUT2D eigenvalue weighted by atomic mass is 9.92. The summed E-state index contributed by atoms with van der Waals surface area (Å²) in [6.45, 7) is 2.06. The molecule has 4 rings (SSSR count). The van der Waals surface area contributed by atoms with Gasteiger partial charge in [0.15, 0.2) is 5.13 Å². The summed E-state index contributed by atoms with van der Waals surface area (Å²) < 4.78 is 13.2. The highest BCUT2D eigenvalue weighted by atomic mass is 32.1. The monoisotopic (exact) mass is 331 g/mol. The second kappa shape index (κ2) is 5.92. The summed E-state index contributed by atoms with van der Waals surface area (Å²) >= 11 is 1.66. The van der Waals surface area contributed by atoms with Gasteiger partial charge in [-0.3, -0.25) is 4.79 Å². The van der Waals surface area contributed by atoms with Crippen molar-refractivity contribution < 1.29 is 9.18 Å². The summed E-state index contributed by atoms with van der Waals surface area (Å²) in [5.74, 6) is 0.367. The van der Waals surface area contributed by atoms with Gasteiger partial charge in [-0.15, -0.1) is 0 Å². The first-order valence-corrected chi connectivity index (χ1v) is 8.83. The molecule has 0 radical (unpaired) electrons. The number of fused-ring (bicyclic) bond motifs is 1. The number of carbonyl (C=O) groups excluding carboxylic acids is 1. The predicted octanol–water partition coefficient (Wildman–Crippen LogP) is 3.75. The lowest BCUT2D eigenvalue weighted by molar-refractivity contribution is -0.116. The van der Waals surface area contributed by atoms with Crippen molar-refractivity contribution in [2.24, 2.45) is 0 Å². The minimum atomic E-state index is -0.257. The van der Waals surface area contributed by atoms with E-state index in [2.05, 4.69) is 15.2 Å². The van der Waals surface area contributed by atoms with Crippen LogP contribution < -0.4 is 10.2 Å². The second-order valence-electron chi connectivity index (χ2n) is 6.11. The van der Waals surface area contributed by atoms with Crippen LogP contribution in [-0.2, 0) is 4.79 Å². The zero-order chi connectivity index (χ0) is 15.8. The number of aromatic nitrogens is 1. The van der Waals surface area contributed by atoms with E-state index in [4.69, 9.17) is 0 Å². The van der Waals surface area contributed by atoms with Gasteiger partial charge in [-0.1, -0.05) is 23.5 Å². The molecule has 1 N–H and O–H groups in total. The van der Waals surface area contributed by atoms with E-state index in [1.54, 1.807) is 23.5 Å². The van der Waals surface area contributed by atoms with Crippen molar-refractivity contribution in [3.05, 3.63) is 40.5 Å². The normalized spacial score (nSPS) is 21.0. The minimum absolute atomic E-state index is 0.0256. The number of carbonyl (C=O) groups is 1. The summed E-state index contributed by atoms with van der Waals surface area (Å²) in [5.41, 5.74) is 0.969. The molecule has 1 aromatic carbocycles. The summed E-state index contributed by atoms with van der Waals surface area (Å²) in [6.07, 6.45) is 4.05. The average molecular weight is 331 g/mol. The second-order valence-corrected chi connectivity index (χ2v) is 7.12. The molecule has 0 aliphatic carbocycles. The first kappa shape index (κ1) is 14.6. The summed E-state index contributed by atoms with van der Waals surface area (Å²) in [5, 5.41) is 3.88. The zero-order valence-corrected chi connectivity index (χ0v) is 13.5. The Morgan fingerprint density at radius 3 is 2.65 bits per heavy atom. The van der Waals surface area contributed by atoms with Gasteiger partial charge < -0.3 is 10.2 Å². The number of benzene rings is 1. The van der Waals surface area contributed by atoms with Crippen molar-refractivity contribution in [3.63, 3.8) is 0 Å². The van der Waals surface area contributed by atoms with E-state index in [-0.39, 0.29) is 17.6 Å². The Morgan fingerprint density at radius 1 is 1.17 bits per heavy atom. The molecule has 2 aliphatic rings. The third-order valence-corrected chi connectivity index (χ3v) is 5.73. The number of nitrogens with zero attached hydrogens (tertiary/aromatic N) is 2. The van der Waals surface area contributed by atoms with Crippen LogP contribution in [0, 0.1) is 5.82 Å². The van der Waals surface area contributed by atoms with E-state index in [1.807, 2.05) is 0 Å². The highest BCUT2D eigenvalue weighted by Gasteiger charge is 2.31. The maximum Gasteiger partial charge on any atom is 0.226 e. The fourth-order valence-corrected chi connectivity index (χ4v) is 4.49. The number of piperidine rings is 1. The Kier molecular flexibility index (Phi) is 3.77. The van der Waals surface area contributed by atoms with Gasteiger partial charge in [0.2, 0.25) is 5.91 Å². The number of halogens is 1. The zero-order valence-electron chi connectivity index (χ0n) is 12.7. The van der Waals surface area contributed by atoms with Gasteiger partial charge in [-0.05, 0) is 37.0 Å². The molecule has 6 heteroatoms. The molecule has 120 valence electrons. The number of rotatable bonds is 2. The molecular formula is C17H18FN3OS. The number of hydrogen-bond acceptors (Lipinski definition) is 4. The van der Waals surface area contributed by atoms with Crippen LogP contribution in [0.25, 0.3) is 0 Å². The fraction of sp³-hybridized carbons (Fsp3) is 0.412. The smallest absolute Gasteiger partial charge is 0.226 e. The molecule has 0 saturated carbocycles. The van der Waals surface area contributed by atoms with Crippen LogP contribution >= 0.6 is 11.3 Å². The molecule has 2 aromatic rings. The lowest BCUT2D eigenvalue weighted by Gasteiger charge is -2.25. The Bertz CT molecular complexity index is 722. The third kappa shape index (κ3) is 2.83. The maximum atomic E-state index is 13.2. The molecule has 1 fully saturated rings. The van der Waals surface area contributed by atoms with Gasteiger partial charge in [0.1, 0.15) is 11.6 Å². The number of hydrogen-bond donors (Lipinski definition) is 1. The first-order chi connectivity index (χ1) is 11.2. The van der Waals surface area contributed by atoms with Gasteiger partial charge in [-0.2, -0.15) is 0 Å². The lowest BCUT2D eigenvalue weighted by Crippen LogP contribution is -2.29. The largest absolute Gasteiger partial charge is 0.348 e. The van der Waals surface area contributed by atoms with Crippen LogP contribution in [-0.4, -0.2) is 24.0 Å². The van der Waals surface area contributed by atoms with E-state index >= 15 is 0 Å². The number of anilines is 2. The third-order valence-electron chi connectivity index (χ3n) is 4.50. The van der Waals surface area contributed by atoms with Crippen molar-refractivity contribution in [1.82, 2.24) is 4.98 Å². The van der Waals surface area contributed by atoms with Crippen LogP contribution in [0.1, 0.15) is 42.0 Å². The van der Waals surface area contributed by atoms with Crippen LogP contribution in [0.15, 0.2) is 24.3 Å². The van der Waals surface area contributed by atoms with Crippen molar-refractivity contribution in [2.45, 2.75) is 31.6 Å². The van der Waals surface area contributed by atoms with E-state index in [0.29, 0.717) is 12.2 Å². The van der Waals surface area contributed by atoms with E-state index < -0.39 is 0 Å². The Labute approximate surface area is 138 Å². The fourth-order valence-electron chi connectivity index (χ4n) is 3.29. The van der Waals surface area contributed by atoms with Gasteiger partial charge in [-0.25, -0.2) is 9.37 Å². The summed E-state index contributed by atoms with van der Waals surface area (Å²) in [4.78, 5) is 20.1. The standard InChI is InChI=1S/C17H18FN3OS/c18-12-6-4-11(5-7-12)13-10-14(22)19-16-15(13)23-17(20-16)21-8-2-1-3-9-21/h4-7,13H,1-3,8-10H2,(H,19,22)/t13-/m1/s1. The molecular weight excluding hydrogens is 313 g/mol. The molecule has 23 heavy (non-hydrogen) atoms. The van der Waals surface area contributed by atoms with Crippen LogP contribution in [0.2, 0.25) is 0 Å². The molecule has 1 aromatic heterocycles. The van der Waals surface area contributed by atoms with Crippen molar-refractivity contribution in [3.8, 4) is 0 Å². The number of thiazole rings is 1. The molecule has 0 unspecified atom stereocenters. The van der Waals surface area contributed by atoms with Gasteiger partial charge in [0, 0.05) is 25.4 Å².